The molecule has 0 amide bonds. The number of esters is 2. The number of hydrogen-bond donors (Lipinski definition) is 0. The molecule has 0 saturated heterocycles. The van der Waals surface area contributed by atoms with Crippen LogP contribution in [-0.2, 0) is 31.9 Å². The van der Waals surface area contributed by atoms with Crippen molar-refractivity contribution in [1.82, 2.24) is 0 Å². The molecule has 0 aliphatic carbocycles. The summed E-state index contributed by atoms with van der Waals surface area (Å²) >= 11 is 0. The maximum atomic E-state index is 13.7. The van der Waals surface area contributed by atoms with Crippen molar-refractivity contribution in [2.45, 2.75) is 31.8 Å². The molecule has 0 saturated carbocycles. The lowest BCUT2D eigenvalue weighted by Gasteiger charge is -2.22. The van der Waals surface area contributed by atoms with Gasteiger partial charge in [0.2, 0.25) is 0 Å². The van der Waals surface area contributed by atoms with Crippen LogP contribution >= 0.6 is 0 Å². The molecular formula is C51H40O5. The molecule has 0 aliphatic rings. The van der Waals surface area contributed by atoms with Crippen LogP contribution in [0.1, 0.15) is 24.0 Å². The van der Waals surface area contributed by atoms with Gasteiger partial charge in [0.25, 0.3) is 0 Å². The van der Waals surface area contributed by atoms with Gasteiger partial charge in [-0.05, 0) is 83.2 Å². The third-order valence-electron chi connectivity index (χ3n) is 10.8. The van der Waals surface area contributed by atoms with E-state index in [9.17, 15) is 9.59 Å². The van der Waals surface area contributed by atoms with Gasteiger partial charge in [-0.25, -0.2) is 0 Å². The molecule has 9 aromatic rings. The summed E-state index contributed by atoms with van der Waals surface area (Å²) in [6.07, 6.45) is 0.352. The van der Waals surface area contributed by atoms with E-state index < -0.39 is 18.0 Å². The summed E-state index contributed by atoms with van der Waals surface area (Å²) in [6.45, 7) is 0.255. The van der Waals surface area contributed by atoms with E-state index in [2.05, 4.69) is 127 Å². The van der Waals surface area contributed by atoms with Gasteiger partial charge in [-0.15, -0.1) is 0 Å². The van der Waals surface area contributed by atoms with Crippen LogP contribution in [0.15, 0.2) is 164 Å². The first-order valence-corrected chi connectivity index (χ1v) is 19.3. The molecule has 5 heteroatoms. The molecule has 0 radical (unpaired) electrons. The minimum Gasteiger partial charge on any atom is -0.489 e. The monoisotopic (exact) mass is 732 g/mol. The van der Waals surface area contributed by atoms with Crippen LogP contribution in [-0.4, -0.2) is 31.3 Å². The van der Waals surface area contributed by atoms with Crippen LogP contribution in [0.5, 0.6) is 5.75 Å². The van der Waals surface area contributed by atoms with Crippen molar-refractivity contribution in [2.75, 3.05) is 13.2 Å². The molecule has 56 heavy (non-hydrogen) atoms. The van der Waals surface area contributed by atoms with Crippen molar-refractivity contribution in [3.63, 3.8) is 0 Å². The lowest BCUT2D eigenvalue weighted by atomic mass is 9.89. The van der Waals surface area contributed by atoms with Gasteiger partial charge in [-0.1, -0.05) is 146 Å². The second kappa shape index (κ2) is 15.6. The summed E-state index contributed by atoms with van der Waals surface area (Å²) in [5.41, 5.74) is 2.28. The molecule has 9 aromatic carbocycles. The number of benzene rings is 9. The van der Waals surface area contributed by atoms with Gasteiger partial charge in [0.1, 0.15) is 25.1 Å². The zero-order chi connectivity index (χ0) is 37.8. The average molecular weight is 733 g/mol. The predicted octanol–water partition coefficient (Wildman–Crippen LogP) is 11.7. The summed E-state index contributed by atoms with van der Waals surface area (Å²) in [6, 6.07) is 56.3. The maximum Gasteiger partial charge on any atom is 0.306 e. The van der Waals surface area contributed by atoms with Crippen molar-refractivity contribution in [1.29, 1.82) is 0 Å². The standard InChI is InChI=1S/C51H40O5/c52-49(54-27-28-55-51-45-23-11-5-17-38(45)31-39-18-6-12-24-46(39)51)25-26-50(53)56-40(32-47-41-19-7-1-13-34(41)29-35-14-2-8-20-42(35)47)33-48-43-21-9-3-15-36(43)30-37-16-4-10-22-44(37)48/h1-24,29-31,40H,25-28,32-33H2. The molecule has 0 unspecified atom stereocenters. The highest BCUT2D eigenvalue weighted by Gasteiger charge is 2.22. The molecule has 0 aromatic heterocycles. The first kappa shape index (κ1) is 35.0. The molecule has 5 nitrogen and oxygen atoms in total. The van der Waals surface area contributed by atoms with E-state index >= 15 is 0 Å². The second-order valence-corrected chi connectivity index (χ2v) is 14.3. The van der Waals surface area contributed by atoms with Crippen molar-refractivity contribution >= 4 is 76.6 Å². The summed E-state index contributed by atoms with van der Waals surface area (Å²) in [5.74, 6) is -0.133. The molecule has 0 fully saturated rings. The number of carbonyl (C=O) groups is 2. The first-order chi connectivity index (χ1) is 27.6. The molecule has 9 rings (SSSR count). The topological polar surface area (TPSA) is 61.8 Å². The smallest absolute Gasteiger partial charge is 0.306 e. The Hall–Kier alpha value is -6.72. The summed E-state index contributed by atoms with van der Waals surface area (Å²) in [4.78, 5) is 26.7. The summed E-state index contributed by atoms with van der Waals surface area (Å²) in [5, 5.41) is 13.3. The fourth-order valence-electron chi connectivity index (χ4n) is 8.21. The van der Waals surface area contributed by atoms with E-state index in [0.717, 1.165) is 81.5 Å². The molecule has 0 heterocycles. The minimum atomic E-state index is -0.495. The maximum absolute atomic E-state index is 13.7. The van der Waals surface area contributed by atoms with E-state index in [4.69, 9.17) is 14.2 Å². The number of ether oxygens (including phenoxy) is 3. The third-order valence-corrected chi connectivity index (χ3v) is 10.8. The highest BCUT2D eigenvalue weighted by Crippen LogP contribution is 2.36. The van der Waals surface area contributed by atoms with Crippen LogP contribution in [0.3, 0.4) is 0 Å². The van der Waals surface area contributed by atoms with Crippen molar-refractivity contribution in [2.24, 2.45) is 0 Å². The SMILES string of the molecule is O=C(CCC(=O)OC(Cc1c2ccccc2cc2ccccc12)Cc1c2ccccc2cc2ccccc12)OCCOc1c2ccccc2cc2ccccc12. The molecule has 0 spiro atoms. The Labute approximate surface area is 325 Å². The Balaban J connectivity index is 0.933. The zero-order valence-electron chi connectivity index (χ0n) is 30.9. The fraction of sp³-hybridized carbons (Fsp3) is 0.137. The van der Waals surface area contributed by atoms with Gasteiger partial charge in [-0.2, -0.15) is 0 Å². The van der Waals surface area contributed by atoms with Crippen LogP contribution in [0, 0.1) is 0 Å². The highest BCUT2D eigenvalue weighted by molar-refractivity contribution is 6.06. The molecule has 274 valence electrons. The Morgan fingerprint density at radius 2 is 0.750 bits per heavy atom. The Bertz CT molecular complexity index is 2630. The summed E-state index contributed by atoms with van der Waals surface area (Å²) < 4.78 is 18.2. The second-order valence-electron chi connectivity index (χ2n) is 14.3. The van der Waals surface area contributed by atoms with Gasteiger partial charge in [0, 0.05) is 23.6 Å². The Kier molecular flexibility index (Phi) is 9.73. The number of hydrogen-bond acceptors (Lipinski definition) is 5. The van der Waals surface area contributed by atoms with Gasteiger partial charge in [0.05, 0.1) is 12.8 Å². The van der Waals surface area contributed by atoms with Gasteiger partial charge in [0.15, 0.2) is 0 Å². The first-order valence-electron chi connectivity index (χ1n) is 19.3. The quantitative estimate of drug-likeness (QED) is 0.0711. The van der Waals surface area contributed by atoms with E-state index in [-0.39, 0.29) is 26.1 Å². The number of carbonyl (C=O) groups excluding carboxylic acids is 2. The Morgan fingerprint density at radius 1 is 0.411 bits per heavy atom. The van der Waals surface area contributed by atoms with Crippen LogP contribution in [0.4, 0.5) is 0 Å². The molecule has 0 atom stereocenters. The molecular weight excluding hydrogens is 693 g/mol. The Morgan fingerprint density at radius 3 is 1.16 bits per heavy atom. The molecule has 0 bridgehead atoms. The lowest BCUT2D eigenvalue weighted by molar-refractivity contribution is -0.153. The van der Waals surface area contributed by atoms with Crippen molar-refractivity contribution in [3.05, 3.63) is 175 Å². The summed E-state index contributed by atoms with van der Waals surface area (Å²) in [7, 11) is 0. The largest absolute Gasteiger partial charge is 0.489 e. The minimum absolute atomic E-state index is 0.0658. The van der Waals surface area contributed by atoms with E-state index in [1.54, 1.807) is 0 Å². The van der Waals surface area contributed by atoms with Gasteiger partial charge in [-0.3, -0.25) is 9.59 Å². The molecule has 0 N–H and O–H groups in total. The van der Waals surface area contributed by atoms with Gasteiger partial charge >= 0.3 is 11.9 Å². The van der Waals surface area contributed by atoms with Crippen molar-refractivity contribution in [3.8, 4) is 5.75 Å². The van der Waals surface area contributed by atoms with Crippen LogP contribution < -0.4 is 4.74 Å². The highest BCUT2D eigenvalue weighted by atomic mass is 16.6. The van der Waals surface area contributed by atoms with E-state index in [0.29, 0.717) is 12.8 Å². The van der Waals surface area contributed by atoms with Crippen LogP contribution in [0.25, 0.3) is 64.6 Å². The van der Waals surface area contributed by atoms with Crippen molar-refractivity contribution < 1.29 is 23.8 Å². The number of rotatable bonds is 12. The van der Waals surface area contributed by atoms with Gasteiger partial charge < -0.3 is 14.2 Å². The molecule has 0 aliphatic heterocycles. The fourth-order valence-corrected chi connectivity index (χ4v) is 8.21. The lowest BCUT2D eigenvalue weighted by Crippen LogP contribution is -2.24. The predicted molar refractivity (Wildman–Crippen MR) is 227 cm³/mol. The average Bonchev–Trinajstić information content (AvgIpc) is 3.23. The third kappa shape index (κ3) is 7.12. The van der Waals surface area contributed by atoms with E-state index in [1.165, 1.54) is 0 Å². The normalized spacial score (nSPS) is 11.6. The van der Waals surface area contributed by atoms with E-state index in [1.807, 2.05) is 36.4 Å². The number of fused-ring (bicyclic) bond motifs is 6. The van der Waals surface area contributed by atoms with Crippen LogP contribution in [0.2, 0.25) is 0 Å². The zero-order valence-corrected chi connectivity index (χ0v) is 30.9.